The lowest BCUT2D eigenvalue weighted by molar-refractivity contribution is 0.103. The molecule has 0 bridgehead atoms. The van der Waals surface area contributed by atoms with Crippen molar-refractivity contribution in [3.05, 3.63) is 29.3 Å². The number of urea groups is 1. The van der Waals surface area contributed by atoms with E-state index in [1.807, 2.05) is 32.0 Å². The lowest BCUT2D eigenvalue weighted by Gasteiger charge is -2.29. The van der Waals surface area contributed by atoms with Gasteiger partial charge < -0.3 is 21.1 Å². The van der Waals surface area contributed by atoms with Crippen molar-refractivity contribution in [3.63, 3.8) is 0 Å². The van der Waals surface area contributed by atoms with E-state index in [0.29, 0.717) is 13.0 Å². The summed E-state index contributed by atoms with van der Waals surface area (Å²) >= 11 is 0. The van der Waals surface area contributed by atoms with Crippen LogP contribution in [0.3, 0.4) is 0 Å². The molecule has 0 saturated carbocycles. The smallest absolute Gasteiger partial charge is 0.319 e. The van der Waals surface area contributed by atoms with Gasteiger partial charge in [0.25, 0.3) is 0 Å². The number of rotatable bonds is 2. The SMILES string of the molecule is Cc1ccc(C)c(NC(=O)N[C@@H]2CNCC[C@H]2O)c1.Cl. The number of hydrogen-bond donors (Lipinski definition) is 4. The number of anilines is 1. The molecule has 4 N–H and O–H groups in total. The van der Waals surface area contributed by atoms with Crippen LogP contribution in [0.2, 0.25) is 0 Å². The molecule has 1 fully saturated rings. The van der Waals surface area contributed by atoms with Gasteiger partial charge in [-0.15, -0.1) is 12.4 Å². The number of piperidine rings is 1. The van der Waals surface area contributed by atoms with Crippen molar-refractivity contribution < 1.29 is 9.90 Å². The molecule has 0 radical (unpaired) electrons. The van der Waals surface area contributed by atoms with E-state index < -0.39 is 6.10 Å². The minimum absolute atomic E-state index is 0. The number of carbonyl (C=O) groups is 1. The average Bonchev–Trinajstić information content (AvgIpc) is 2.37. The molecule has 5 nitrogen and oxygen atoms in total. The van der Waals surface area contributed by atoms with Crippen LogP contribution in [0.5, 0.6) is 0 Å². The molecule has 1 heterocycles. The highest BCUT2D eigenvalue weighted by atomic mass is 35.5. The van der Waals surface area contributed by atoms with Crippen LogP contribution in [0.25, 0.3) is 0 Å². The Kier molecular flexibility index (Phi) is 6.26. The maximum Gasteiger partial charge on any atom is 0.319 e. The van der Waals surface area contributed by atoms with Crippen LogP contribution in [0.15, 0.2) is 18.2 Å². The standard InChI is InChI=1S/C14H21N3O2.ClH/c1-9-3-4-10(2)11(7-9)16-14(19)17-12-8-15-6-5-13(12)18;/h3-4,7,12-13,15,18H,5-6,8H2,1-2H3,(H2,16,17,19);1H/t12-,13-;/m1./s1. The molecule has 0 aliphatic carbocycles. The first kappa shape index (κ1) is 16.8. The van der Waals surface area contributed by atoms with Crippen molar-refractivity contribution in [3.8, 4) is 0 Å². The van der Waals surface area contributed by atoms with Gasteiger partial charge in [0.2, 0.25) is 0 Å². The Hall–Kier alpha value is -1.30. The van der Waals surface area contributed by atoms with E-state index in [-0.39, 0.29) is 24.5 Å². The second-order valence-electron chi connectivity index (χ2n) is 5.08. The van der Waals surface area contributed by atoms with E-state index in [9.17, 15) is 9.90 Å². The van der Waals surface area contributed by atoms with Gasteiger partial charge in [0, 0.05) is 12.2 Å². The van der Waals surface area contributed by atoms with Crippen LogP contribution in [-0.4, -0.2) is 36.4 Å². The molecule has 0 unspecified atom stereocenters. The molecule has 20 heavy (non-hydrogen) atoms. The zero-order valence-electron chi connectivity index (χ0n) is 11.8. The minimum Gasteiger partial charge on any atom is -0.391 e. The number of carbonyl (C=O) groups excluding carboxylic acids is 1. The van der Waals surface area contributed by atoms with Crippen LogP contribution in [0.1, 0.15) is 17.5 Å². The van der Waals surface area contributed by atoms with Crippen molar-refractivity contribution >= 4 is 24.1 Å². The van der Waals surface area contributed by atoms with Gasteiger partial charge in [0.1, 0.15) is 0 Å². The van der Waals surface area contributed by atoms with Crippen LogP contribution in [0.4, 0.5) is 10.5 Å². The molecule has 1 aromatic carbocycles. The average molecular weight is 300 g/mol. The molecule has 1 aliphatic heterocycles. The third-order valence-electron chi connectivity index (χ3n) is 3.40. The predicted octanol–water partition coefficient (Wildman–Crippen LogP) is 1.57. The molecule has 112 valence electrons. The molecule has 6 heteroatoms. The van der Waals surface area contributed by atoms with E-state index in [4.69, 9.17) is 0 Å². The van der Waals surface area contributed by atoms with Crippen molar-refractivity contribution in [2.24, 2.45) is 0 Å². The molecule has 0 aromatic heterocycles. The van der Waals surface area contributed by atoms with E-state index in [1.54, 1.807) is 0 Å². The monoisotopic (exact) mass is 299 g/mol. The number of aliphatic hydroxyl groups is 1. The first-order chi connectivity index (χ1) is 9.06. The summed E-state index contributed by atoms with van der Waals surface area (Å²) in [4.78, 5) is 11.9. The number of nitrogens with one attached hydrogen (secondary N) is 3. The zero-order chi connectivity index (χ0) is 13.8. The number of amides is 2. The molecule has 1 aliphatic rings. The van der Waals surface area contributed by atoms with Gasteiger partial charge in [-0.25, -0.2) is 4.79 Å². The fourth-order valence-corrected chi connectivity index (χ4v) is 2.19. The topological polar surface area (TPSA) is 73.4 Å². The van der Waals surface area contributed by atoms with Crippen molar-refractivity contribution in [1.82, 2.24) is 10.6 Å². The predicted molar refractivity (Wildman–Crippen MR) is 82.6 cm³/mol. The number of aliphatic hydroxyl groups excluding tert-OH is 1. The zero-order valence-corrected chi connectivity index (χ0v) is 12.6. The normalized spacial score (nSPS) is 21.8. The van der Waals surface area contributed by atoms with E-state index in [2.05, 4.69) is 16.0 Å². The summed E-state index contributed by atoms with van der Waals surface area (Å²) in [6.07, 6.45) is 0.180. The maximum atomic E-state index is 11.9. The Balaban J connectivity index is 0.00000200. The number of halogens is 1. The van der Waals surface area contributed by atoms with Gasteiger partial charge in [-0.1, -0.05) is 12.1 Å². The summed E-state index contributed by atoms with van der Waals surface area (Å²) in [6, 6.07) is 5.40. The molecule has 2 atom stereocenters. The number of aryl methyl sites for hydroxylation is 2. The summed E-state index contributed by atoms with van der Waals surface area (Å²) < 4.78 is 0. The molecule has 2 rings (SSSR count). The van der Waals surface area contributed by atoms with Gasteiger partial charge in [0.15, 0.2) is 0 Å². The summed E-state index contributed by atoms with van der Waals surface area (Å²) in [7, 11) is 0. The molecular formula is C14H22ClN3O2. The van der Waals surface area contributed by atoms with Crippen LogP contribution in [-0.2, 0) is 0 Å². The Labute approximate surface area is 125 Å². The largest absolute Gasteiger partial charge is 0.391 e. The van der Waals surface area contributed by atoms with Crippen molar-refractivity contribution in [2.75, 3.05) is 18.4 Å². The van der Waals surface area contributed by atoms with E-state index >= 15 is 0 Å². The molecule has 0 spiro atoms. The van der Waals surface area contributed by atoms with Crippen molar-refractivity contribution in [2.45, 2.75) is 32.4 Å². The summed E-state index contributed by atoms with van der Waals surface area (Å²) in [5, 5.41) is 18.6. The van der Waals surface area contributed by atoms with Gasteiger partial charge in [-0.2, -0.15) is 0 Å². The maximum absolute atomic E-state index is 11.9. The van der Waals surface area contributed by atoms with Crippen LogP contribution in [0, 0.1) is 13.8 Å². The minimum atomic E-state index is -0.481. The van der Waals surface area contributed by atoms with Gasteiger partial charge >= 0.3 is 6.03 Å². The Bertz CT molecular complexity index is 468. The first-order valence-electron chi connectivity index (χ1n) is 6.60. The second kappa shape index (κ2) is 7.47. The molecular weight excluding hydrogens is 278 g/mol. The highest BCUT2D eigenvalue weighted by Crippen LogP contribution is 2.16. The Morgan fingerprint density at radius 3 is 2.85 bits per heavy atom. The Morgan fingerprint density at radius 2 is 2.15 bits per heavy atom. The third kappa shape index (κ3) is 4.37. The molecule has 1 saturated heterocycles. The van der Waals surface area contributed by atoms with E-state index in [1.165, 1.54) is 0 Å². The highest BCUT2D eigenvalue weighted by Gasteiger charge is 2.24. The lowest BCUT2D eigenvalue weighted by atomic mass is 10.0. The van der Waals surface area contributed by atoms with Crippen molar-refractivity contribution in [1.29, 1.82) is 0 Å². The summed E-state index contributed by atoms with van der Waals surface area (Å²) in [5.74, 6) is 0. The third-order valence-corrected chi connectivity index (χ3v) is 3.40. The number of benzene rings is 1. The van der Waals surface area contributed by atoms with Gasteiger partial charge in [0.05, 0.1) is 12.1 Å². The molecule has 1 aromatic rings. The fraction of sp³-hybridized carbons (Fsp3) is 0.500. The van der Waals surface area contributed by atoms with Gasteiger partial charge in [-0.3, -0.25) is 0 Å². The Morgan fingerprint density at radius 1 is 1.40 bits per heavy atom. The van der Waals surface area contributed by atoms with Gasteiger partial charge in [-0.05, 0) is 44.0 Å². The second-order valence-corrected chi connectivity index (χ2v) is 5.08. The summed E-state index contributed by atoms with van der Waals surface area (Å²) in [6.45, 7) is 5.32. The first-order valence-corrected chi connectivity index (χ1v) is 6.60. The fourth-order valence-electron chi connectivity index (χ4n) is 2.19. The highest BCUT2D eigenvalue weighted by molar-refractivity contribution is 5.90. The summed E-state index contributed by atoms with van der Waals surface area (Å²) in [5.41, 5.74) is 2.92. The van der Waals surface area contributed by atoms with Crippen LogP contribution >= 0.6 is 12.4 Å². The quantitative estimate of drug-likeness (QED) is 0.670. The lowest BCUT2D eigenvalue weighted by Crippen LogP contribution is -2.54. The van der Waals surface area contributed by atoms with Crippen LogP contribution < -0.4 is 16.0 Å². The molecule has 2 amide bonds. The van der Waals surface area contributed by atoms with E-state index in [0.717, 1.165) is 23.4 Å². The number of hydrogen-bond acceptors (Lipinski definition) is 3.